The van der Waals surface area contributed by atoms with Crippen LogP contribution in [0.25, 0.3) is 0 Å². The van der Waals surface area contributed by atoms with E-state index < -0.39 is 0 Å². The largest absolute Gasteiger partial charge is 0.375 e. The SMILES string of the molecule is COCC(=O)N1CCC(NC(CC(C)C)CC(C)C)CC1. The van der Waals surface area contributed by atoms with Crippen LogP contribution in [0.1, 0.15) is 53.4 Å². The summed E-state index contributed by atoms with van der Waals surface area (Å²) in [5.41, 5.74) is 0. The van der Waals surface area contributed by atoms with Gasteiger partial charge in [-0.1, -0.05) is 27.7 Å². The molecular weight excluding hydrogens is 264 g/mol. The maximum Gasteiger partial charge on any atom is 0.248 e. The molecular formula is C17H34N2O2. The third-order valence-corrected chi connectivity index (χ3v) is 4.10. The predicted molar refractivity (Wildman–Crippen MR) is 87.3 cm³/mol. The van der Waals surface area contributed by atoms with Gasteiger partial charge in [0.1, 0.15) is 6.61 Å². The van der Waals surface area contributed by atoms with E-state index in [1.165, 1.54) is 12.8 Å². The summed E-state index contributed by atoms with van der Waals surface area (Å²) < 4.78 is 4.93. The molecule has 0 unspecified atom stereocenters. The fourth-order valence-electron chi connectivity index (χ4n) is 3.21. The van der Waals surface area contributed by atoms with Gasteiger partial charge < -0.3 is 15.0 Å². The molecule has 0 spiro atoms. The molecule has 0 atom stereocenters. The Morgan fingerprint density at radius 3 is 2.10 bits per heavy atom. The highest BCUT2D eigenvalue weighted by atomic mass is 16.5. The van der Waals surface area contributed by atoms with Gasteiger partial charge in [-0.3, -0.25) is 4.79 Å². The van der Waals surface area contributed by atoms with Crippen LogP contribution >= 0.6 is 0 Å². The zero-order valence-corrected chi connectivity index (χ0v) is 14.5. The van der Waals surface area contributed by atoms with E-state index in [1.807, 2.05) is 4.90 Å². The summed E-state index contributed by atoms with van der Waals surface area (Å²) in [5, 5.41) is 3.84. The van der Waals surface area contributed by atoms with Crippen molar-refractivity contribution in [1.82, 2.24) is 10.2 Å². The van der Waals surface area contributed by atoms with Crippen molar-refractivity contribution in [2.75, 3.05) is 26.8 Å². The first-order valence-corrected chi connectivity index (χ1v) is 8.45. The Balaban J connectivity index is 2.39. The molecule has 1 rings (SSSR count). The molecule has 0 bridgehead atoms. The molecule has 0 saturated carbocycles. The number of nitrogens with zero attached hydrogens (tertiary/aromatic N) is 1. The highest BCUT2D eigenvalue weighted by molar-refractivity contribution is 5.77. The lowest BCUT2D eigenvalue weighted by atomic mass is 9.93. The van der Waals surface area contributed by atoms with E-state index in [9.17, 15) is 4.79 Å². The van der Waals surface area contributed by atoms with Crippen LogP contribution < -0.4 is 5.32 Å². The molecule has 21 heavy (non-hydrogen) atoms. The van der Waals surface area contributed by atoms with Crippen molar-refractivity contribution in [3.05, 3.63) is 0 Å². The van der Waals surface area contributed by atoms with E-state index in [0.29, 0.717) is 12.1 Å². The topological polar surface area (TPSA) is 41.6 Å². The molecule has 0 radical (unpaired) electrons. The number of carbonyl (C=O) groups excluding carboxylic acids is 1. The van der Waals surface area contributed by atoms with Crippen molar-refractivity contribution >= 4 is 5.91 Å². The van der Waals surface area contributed by atoms with E-state index in [4.69, 9.17) is 4.74 Å². The molecule has 0 aromatic carbocycles. The smallest absolute Gasteiger partial charge is 0.248 e. The number of amides is 1. The summed E-state index contributed by atoms with van der Waals surface area (Å²) in [7, 11) is 1.58. The Hall–Kier alpha value is -0.610. The number of hydrogen-bond donors (Lipinski definition) is 1. The monoisotopic (exact) mass is 298 g/mol. The summed E-state index contributed by atoms with van der Waals surface area (Å²) in [6.07, 6.45) is 4.59. The number of nitrogens with one attached hydrogen (secondary N) is 1. The third kappa shape index (κ3) is 7.28. The quantitative estimate of drug-likeness (QED) is 0.749. The normalized spacial score (nSPS) is 17.2. The van der Waals surface area contributed by atoms with Crippen molar-refractivity contribution in [2.24, 2.45) is 11.8 Å². The van der Waals surface area contributed by atoms with Crippen molar-refractivity contribution in [1.29, 1.82) is 0 Å². The molecule has 4 nitrogen and oxygen atoms in total. The summed E-state index contributed by atoms with van der Waals surface area (Å²) in [4.78, 5) is 13.7. The molecule has 1 aliphatic heterocycles. The lowest BCUT2D eigenvalue weighted by Crippen LogP contribution is -2.49. The van der Waals surface area contributed by atoms with Gasteiger partial charge >= 0.3 is 0 Å². The van der Waals surface area contributed by atoms with Crippen molar-refractivity contribution in [2.45, 2.75) is 65.5 Å². The highest BCUT2D eigenvalue weighted by Gasteiger charge is 2.24. The van der Waals surface area contributed by atoms with Crippen LogP contribution in [-0.2, 0) is 9.53 Å². The molecule has 1 amide bonds. The maximum atomic E-state index is 11.8. The van der Waals surface area contributed by atoms with Gasteiger partial charge in [0.2, 0.25) is 5.91 Å². The van der Waals surface area contributed by atoms with E-state index >= 15 is 0 Å². The van der Waals surface area contributed by atoms with Gasteiger partial charge in [0, 0.05) is 32.3 Å². The average Bonchev–Trinajstić information content (AvgIpc) is 2.38. The van der Waals surface area contributed by atoms with Crippen LogP contribution in [0, 0.1) is 11.8 Å². The van der Waals surface area contributed by atoms with Gasteiger partial charge in [-0.2, -0.15) is 0 Å². The molecule has 1 fully saturated rings. The van der Waals surface area contributed by atoms with E-state index in [1.54, 1.807) is 7.11 Å². The molecule has 0 aliphatic carbocycles. The Morgan fingerprint density at radius 1 is 1.14 bits per heavy atom. The lowest BCUT2D eigenvalue weighted by Gasteiger charge is -2.35. The summed E-state index contributed by atoms with van der Waals surface area (Å²) in [5.74, 6) is 1.58. The molecule has 1 N–H and O–H groups in total. The van der Waals surface area contributed by atoms with Gasteiger partial charge in [-0.25, -0.2) is 0 Å². The van der Waals surface area contributed by atoms with Crippen LogP contribution in [0.2, 0.25) is 0 Å². The third-order valence-electron chi connectivity index (χ3n) is 4.10. The molecule has 1 heterocycles. The van der Waals surface area contributed by atoms with Crippen LogP contribution in [-0.4, -0.2) is 49.7 Å². The van der Waals surface area contributed by atoms with E-state index in [-0.39, 0.29) is 12.5 Å². The van der Waals surface area contributed by atoms with Crippen molar-refractivity contribution in [3.63, 3.8) is 0 Å². The number of carbonyl (C=O) groups is 1. The molecule has 0 aromatic heterocycles. The first-order chi connectivity index (χ1) is 9.92. The Morgan fingerprint density at radius 2 is 1.67 bits per heavy atom. The number of likely N-dealkylation sites (tertiary alicyclic amines) is 1. The van der Waals surface area contributed by atoms with Gasteiger partial charge in [-0.15, -0.1) is 0 Å². The number of methoxy groups -OCH3 is 1. The van der Waals surface area contributed by atoms with Crippen LogP contribution in [0.5, 0.6) is 0 Å². The molecule has 0 aromatic rings. The first-order valence-electron chi connectivity index (χ1n) is 8.45. The minimum atomic E-state index is 0.122. The minimum absolute atomic E-state index is 0.122. The van der Waals surface area contributed by atoms with Crippen molar-refractivity contribution in [3.8, 4) is 0 Å². The van der Waals surface area contributed by atoms with Gasteiger partial charge in [0.05, 0.1) is 0 Å². The fourth-order valence-corrected chi connectivity index (χ4v) is 3.21. The zero-order chi connectivity index (χ0) is 15.8. The number of piperidine rings is 1. The Labute approximate surface area is 130 Å². The number of ether oxygens (including phenoxy) is 1. The molecule has 4 heteroatoms. The summed E-state index contributed by atoms with van der Waals surface area (Å²) >= 11 is 0. The predicted octanol–water partition coefficient (Wildman–Crippen LogP) is 2.67. The average molecular weight is 298 g/mol. The first kappa shape index (κ1) is 18.4. The van der Waals surface area contributed by atoms with Crippen LogP contribution in [0.4, 0.5) is 0 Å². The number of rotatable bonds is 8. The lowest BCUT2D eigenvalue weighted by molar-refractivity contribution is -0.136. The highest BCUT2D eigenvalue weighted by Crippen LogP contribution is 2.17. The second-order valence-corrected chi connectivity index (χ2v) is 7.21. The van der Waals surface area contributed by atoms with E-state index in [0.717, 1.165) is 37.8 Å². The summed E-state index contributed by atoms with van der Waals surface area (Å²) in [6, 6.07) is 1.16. The van der Waals surface area contributed by atoms with Crippen LogP contribution in [0.3, 0.4) is 0 Å². The number of hydrogen-bond acceptors (Lipinski definition) is 3. The molecule has 124 valence electrons. The summed E-state index contributed by atoms with van der Waals surface area (Å²) in [6.45, 7) is 11.1. The Bertz CT molecular complexity index is 287. The minimum Gasteiger partial charge on any atom is -0.375 e. The fraction of sp³-hybridized carbons (Fsp3) is 0.941. The van der Waals surface area contributed by atoms with Gasteiger partial charge in [0.25, 0.3) is 0 Å². The van der Waals surface area contributed by atoms with Gasteiger partial charge in [0.15, 0.2) is 0 Å². The van der Waals surface area contributed by atoms with Crippen LogP contribution in [0.15, 0.2) is 0 Å². The molecule has 1 saturated heterocycles. The zero-order valence-electron chi connectivity index (χ0n) is 14.5. The standard InChI is InChI=1S/C17H34N2O2/c1-13(2)10-16(11-14(3)4)18-15-6-8-19(9-7-15)17(20)12-21-5/h13-16,18H,6-12H2,1-5H3. The molecule has 1 aliphatic rings. The van der Waals surface area contributed by atoms with Gasteiger partial charge in [-0.05, 0) is 37.5 Å². The van der Waals surface area contributed by atoms with E-state index in [2.05, 4.69) is 33.0 Å². The second-order valence-electron chi connectivity index (χ2n) is 7.21. The maximum absolute atomic E-state index is 11.8. The Kier molecular flexibility index (Phi) is 8.27. The second kappa shape index (κ2) is 9.42. The van der Waals surface area contributed by atoms with Crippen molar-refractivity contribution < 1.29 is 9.53 Å².